The summed E-state index contributed by atoms with van der Waals surface area (Å²) < 4.78 is 39.0. The van der Waals surface area contributed by atoms with Crippen LogP contribution in [0.1, 0.15) is 83.6 Å². The summed E-state index contributed by atoms with van der Waals surface area (Å²) in [4.78, 5) is 16.5. The summed E-state index contributed by atoms with van der Waals surface area (Å²) in [7, 11) is 0. The monoisotopic (exact) mass is 493 g/mol. The third-order valence-corrected chi connectivity index (χ3v) is 6.64. The standard InChI is InChI=1S/C28H42F3N3O/c1-4-6-7-8-9-10-11-12-20-32-27(35)33-21-18-26(19-22-33)34(23(3)13-5-2)25-16-14-24(15-17-25)28(29,30)31/h5,13-17,26H,2,4,6-12,18-22H2,1,3H3,(H,32,35)/b23-13+. The van der Waals surface area contributed by atoms with Crippen molar-refractivity contribution in [1.29, 1.82) is 0 Å². The molecular formula is C28H42F3N3O. The van der Waals surface area contributed by atoms with Gasteiger partial charge in [-0.3, -0.25) is 0 Å². The molecule has 1 aromatic carbocycles. The van der Waals surface area contributed by atoms with Crippen LogP contribution >= 0.6 is 0 Å². The van der Waals surface area contributed by atoms with Gasteiger partial charge in [0.2, 0.25) is 0 Å². The zero-order valence-corrected chi connectivity index (χ0v) is 21.4. The van der Waals surface area contributed by atoms with E-state index in [1.807, 2.05) is 17.9 Å². The summed E-state index contributed by atoms with van der Waals surface area (Å²) in [5.74, 6) is 0. The molecule has 1 aliphatic heterocycles. The van der Waals surface area contributed by atoms with Crippen LogP contribution < -0.4 is 10.2 Å². The van der Waals surface area contributed by atoms with Crippen LogP contribution in [0.25, 0.3) is 0 Å². The number of likely N-dealkylation sites (tertiary alicyclic amines) is 1. The number of halogens is 3. The lowest BCUT2D eigenvalue weighted by atomic mass is 10.0. The molecule has 0 bridgehead atoms. The van der Waals surface area contributed by atoms with Crippen molar-refractivity contribution in [3.63, 3.8) is 0 Å². The zero-order valence-electron chi connectivity index (χ0n) is 21.4. The summed E-state index contributed by atoms with van der Waals surface area (Å²) in [6, 6.07) is 5.36. The Balaban J connectivity index is 1.83. The molecule has 1 saturated heterocycles. The molecule has 1 N–H and O–H groups in total. The SMILES string of the molecule is C=C/C=C(\C)N(c1ccc(C(F)(F)F)cc1)C1CCN(C(=O)NCCCCCCCCCC)CC1. The fourth-order valence-electron chi connectivity index (χ4n) is 4.66. The van der Waals surface area contributed by atoms with E-state index in [9.17, 15) is 18.0 Å². The molecule has 2 rings (SSSR count). The molecule has 0 atom stereocenters. The predicted molar refractivity (Wildman–Crippen MR) is 138 cm³/mol. The van der Waals surface area contributed by atoms with Gasteiger partial charge in [0.05, 0.1) is 5.56 Å². The quantitative estimate of drug-likeness (QED) is 0.224. The van der Waals surface area contributed by atoms with Gasteiger partial charge in [-0.05, 0) is 56.5 Å². The number of hydrogen-bond donors (Lipinski definition) is 1. The second kappa shape index (κ2) is 14.8. The van der Waals surface area contributed by atoms with Gasteiger partial charge in [0, 0.05) is 37.1 Å². The minimum absolute atomic E-state index is 0.0224. The highest BCUT2D eigenvalue weighted by Crippen LogP contribution is 2.33. The van der Waals surface area contributed by atoms with Crippen LogP contribution in [0.2, 0.25) is 0 Å². The number of benzene rings is 1. The molecule has 0 unspecified atom stereocenters. The molecule has 0 radical (unpaired) electrons. The number of anilines is 1. The highest BCUT2D eigenvalue weighted by atomic mass is 19.4. The molecule has 0 aromatic heterocycles. The highest BCUT2D eigenvalue weighted by Gasteiger charge is 2.31. The van der Waals surface area contributed by atoms with E-state index in [1.54, 1.807) is 6.08 Å². The summed E-state index contributed by atoms with van der Waals surface area (Å²) in [6.07, 6.45) is 10.5. The molecule has 7 heteroatoms. The first kappa shape index (κ1) is 28.8. The first-order chi connectivity index (χ1) is 16.8. The van der Waals surface area contributed by atoms with Crippen molar-refractivity contribution in [1.82, 2.24) is 10.2 Å². The van der Waals surface area contributed by atoms with Gasteiger partial charge in [-0.2, -0.15) is 13.2 Å². The Morgan fingerprint density at radius 3 is 2.17 bits per heavy atom. The van der Waals surface area contributed by atoms with E-state index in [4.69, 9.17) is 0 Å². The maximum Gasteiger partial charge on any atom is 0.416 e. The van der Waals surface area contributed by atoms with Gasteiger partial charge in [-0.1, -0.05) is 64.5 Å². The van der Waals surface area contributed by atoms with Crippen LogP contribution in [0, 0.1) is 0 Å². The van der Waals surface area contributed by atoms with E-state index in [0.29, 0.717) is 25.3 Å². The molecule has 1 heterocycles. The van der Waals surface area contributed by atoms with Crippen molar-refractivity contribution in [2.24, 2.45) is 0 Å². The van der Waals surface area contributed by atoms with Crippen LogP contribution in [0.15, 0.2) is 48.7 Å². The fourth-order valence-corrected chi connectivity index (χ4v) is 4.66. The number of rotatable bonds is 13. The number of piperidine rings is 1. The Bertz CT molecular complexity index is 797. The summed E-state index contributed by atoms with van der Waals surface area (Å²) in [5, 5.41) is 3.04. The Hall–Kier alpha value is -2.44. The lowest BCUT2D eigenvalue weighted by Crippen LogP contribution is -2.49. The van der Waals surface area contributed by atoms with Crippen LogP contribution in [0.4, 0.5) is 23.7 Å². The molecule has 196 valence electrons. The summed E-state index contributed by atoms with van der Waals surface area (Å²) in [5.41, 5.74) is 0.970. The minimum atomic E-state index is -4.36. The van der Waals surface area contributed by atoms with E-state index < -0.39 is 11.7 Å². The lowest BCUT2D eigenvalue weighted by molar-refractivity contribution is -0.137. The number of amides is 2. The van der Waals surface area contributed by atoms with Gasteiger partial charge in [0.25, 0.3) is 0 Å². The maximum absolute atomic E-state index is 13.0. The number of nitrogens with zero attached hydrogens (tertiary/aromatic N) is 2. The van der Waals surface area contributed by atoms with Crippen LogP contribution in [-0.4, -0.2) is 36.6 Å². The number of urea groups is 1. The average Bonchev–Trinajstić information content (AvgIpc) is 2.83. The molecule has 0 spiro atoms. The number of alkyl halides is 3. The molecule has 1 aromatic rings. The number of unbranched alkanes of at least 4 members (excludes halogenated alkanes) is 7. The first-order valence-electron chi connectivity index (χ1n) is 13.1. The highest BCUT2D eigenvalue weighted by molar-refractivity contribution is 5.74. The van der Waals surface area contributed by atoms with Crippen molar-refractivity contribution in [2.75, 3.05) is 24.5 Å². The second-order valence-corrected chi connectivity index (χ2v) is 9.38. The van der Waals surface area contributed by atoms with E-state index in [1.165, 1.54) is 50.7 Å². The molecule has 1 aliphatic rings. The van der Waals surface area contributed by atoms with Gasteiger partial charge in [-0.25, -0.2) is 4.79 Å². The number of carbonyl (C=O) groups is 1. The third kappa shape index (κ3) is 9.61. The average molecular weight is 494 g/mol. The number of allylic oxidation sites excluding steroid dienone is 3. The fraction of sp³-hybridized carbons (Fsp3) is 0.607. The Morgan fingerprint density at radius 1 is 1.06 bits per heavy atom. The van der Waals surface area contributed by atoms with Gasteiger partial charge in [0.1, 0.15) is 0 Å². The number of hydrogen-bond acceptors (Lipinski definition) is 2. The molecule has 0 saturated carbocycles. The van der Waals surface area contributed by atoms with Crippen molar-refractivity contribution in [3.8, 4) is 0 Å². The third-order valence-electron chi connectivity index (χ3n) is 6.64. The maximum atomic E-state index is 13.0. The predicted octanol–water partition coefficient (Wildman–Crippen LogP) is 7.92. The van der Waals surface area contributed by atoms with Crippen molar-refractivity contribution in [3.05, 3.63) is 54.3 Å². The van der Waals surface area contributed by atoms with Crippen LogP contribution in [0.3, 0.4) is 0 Å². The molecule has 35 heavy (non-hydrogen) atoms. The zero-order chi connectivity index (χ0) is 25.7. The lowest BCUT2D eigenvalue weighted by Gasteiger charge is -2.40. The van der Waals surface area contributed by atoms with Crippen molar-refractivity contribution >= 4 is 11.7 Å². The van der Waals surface area contributed by atoms with E-state index in [-0.39, 0.29) is 12.1 Å². The van der Waals surface area contributed by atoms with Crippen LogP contribution in [0.5, 0.6) is 0 Å². The smallest absolute Gasteiger partial charge is 0.342 e. The number of nitrogens with one attached hydrogen (secondary N) is 1. The molecule has 4 nitrogen and oxygen atoms in total. The minimum Gasteiger partial charge on any atom is -0.342 e. The Kier molecular flexibility index (Phi) is 12.2. The Morgan fingerprint density at radius 2 is 1.63 bits per heavy atom. The van der Waals surface area contributed by atoms with Gasteiger partial charge < -0.3 is 15.1 Å². The van der Waals surface area contributed by atoms with Crippen molar-refractivity contribution in [2.45, 2.75) is 90.3 Å². The summed E-state index contributed by atoms with van der Waals surface area (Å²) in [6.45, 7) is 9.85. The van der Waals surface area contributed by atoms with Crippen molar-refractivity contribution < 1.29 is 18.0 Å². The van der Waals surface area contributed by atoms with Gasteiger partial charge in [0.15, 0.2) is 0 Å². The summed E-state index contributed by atoms with van der Waals surface area (Å²) >= 11 is 0. The normalized spacial score (nSPS) is 15.2. The molecule has 1 fully saturated rings. The molecular weight excluding hydrogens is 451 g/mol. The molecule has 0 aliphatic carbocycles. The van der Waals surface area contributed by atoms with Gasteiger partial charge >= 0.3 is 12.2 Å². The molecule has 2 amide bonds. The van der Waals surface area contributed by atoms with E-state index in [2.05, 4.69) is 23.7 Å². The van der Waals surface area contributed by atoms with Crippen LogP contribution in [-0.2, 0) is 6.18 Å². The Labute approximate surface area is 209 Å². The topological polar surface area (TPSA) is 35.6 Å². The van der Waals surface area contributed by atoms with Gasteiger partial charge in [-0.15, -0.1) is 0 Å². The van der Waals surface area contributed by atoms with E-state index >= 15 is 0 Å². The second-order valence-electron chi connectivity index (χ2n) is 9.38. The first-order valence-corrected chi connectivity index (χ1v) is 13.1. The van der Waals surface area contributed by atoms with E-state index in [0.717, 1.165) is 43.5 Å². The number of carbonyl (C=O) groups excluding carboxylic acids is 1. The largest absolute Gasteiger partial charge is 0.416 e.